The molecule has 1 aliphatic rings. The van der Waals surface area contributed by atoms with E-state index >= 15 is 0 Å². The number of aryl methyl sites for hydroxylation is 2. The predicted molar refractivity (Wildman–Crippen MR) is 282 cm³/mol. The molecule has 6 heteroatoms. The maximum atomic E-state index is 7.09. The molecule has 68 heavy (non-hydrogen) atoms. The van der Waals surface area contributed by atoms with Crippen molar-refractivity contribution in [3.8, 4) is 17.3 Å². The van der Waals surface area contributed by atoms with Gasteiger partial charge in [-0.05, 0) is 110 Å². The first-order valence-corrected chi connectivity index (χ1v) is 23.5. The van der Waals surface area contributed by atoms with Crippen LogP contribution in [0.5, 0.6) is 11.5 Å². The average molecular weight is 1070 g/mol. The molecule has 0 N–H and O–H groups in total. The van der Waals surface area contributed by atoms with E-state index in [-0.39, 0.29) is 37.3 Å². The molecule has 0 saturated heterocycles. The Balaban J connectivity index is 0.00000539. The number of fused-ring (bicyclic) bond motifs is 10. The molecular formula is C62H57N4OPt-3. The Kier molecular flexibility index (Phi) is 10.9. The van der Waals surface area contributed by atoms with Gasteiger partial charge < -0.3 is 18.8 Å². The van der Waals surface area contributed by atoms with Crippen LogP contribution in [0, 0.1) is 32.6 Å². The van der Waals surface area contributed by atoms with Crippen LogP contribution in [0.4, 0.5) is 11.4 Å². The molecule has 0 fully saturated rings. The zero-order valence-electron chi connectivity index (χ0n) is 40.9. The third-order valence-corrected chi connectivity index (χ3v) is 13.7. The number of benzene rings is 7. The molecule has 10 aromatic rings. The van der Waals surface area contributed by atoms with Crippen molar-refractivity contribution in [1.82, 2.24) is 14.1 Å². The smallest absolute Gasteiger partial charge is 0.135 e. The summed E-state index contributed by atoms with van der Waals surface area (Å²) in [6.07, 6.45) is 1.93. The predicted octanol–water partition coefficient (Wildman–Crippen LogP) is 16.7. The van der Waals surface area contributed by atoms with Crippen molar-refractivity contribution in [3.05, 3.63) is 186 Å². The van der Waals surface area contributed by atoms with Gasteiger partial charge in [0.2, 0.25) is 0 Å². The molecule has 7 aromatic carbocycles. The molecular weight excluding hydrogens is 1010 g/mol. The average Bonchev–Trinajstić information content (AvgIpc) is 3.84. The maximum Gasteiger partial charge on any atom is 0.135 e. The zero-order valence-corrected chi connectivity index (χ0v) is 43.1. The monoisotopic (exact) mass is 1070 g/mol. The van der Waals surface area contributed by atoms with E-state index in [0.29, 0.717) is 11.5 Å². The Morgan fingerprint density at radius 1 is 0.544 bits per heavy atom. The van der Waals surface area contributed by atoms with E-state index in [0.717, 1.165) is 50.2 Å². The summed E-state index contributed by atoms with van der Waals surface area (Å²) in [4.78, 5) is 7.25. The number of nitrogens with zero attached hydrogens (tertiary/aromatic N) is 4. The number of aromatic nitrogens is 3. The second kappa shape index (κ2) is 16.3. The Morgan fingerprint density at radius 2 is 1.21 bits per heavy atom. The van der Waals surface area contributed by atoms with Crippen LogP contribution in [0.3, 0.4) is 0 Å². The molecule has 0 spiro atoms. The summed E-state index contributed by atoms with van der Waals surface area (Å²) in [5, 5.41) is 9.52. The number of ether oxygens (including phenoxy) is 1. The molecule has 0 aliphatic carbocycles. The SMILES string of the molecule is Cc1ccc2c3ccccc3c3cccc4c3n(c3c(C)cccc3c2c1)[CH-]N4c1[c-]c(Oc2[c-]c3c(cc2)c2cc(C(C)(C)C)ccc2n3-c2cc(C(C)(C)C)ccn2)c(C(C)(C)C)cc1.[Pt]. The fourth-order valence-electron chi connectivity index (χ4n) is 10.1. The summed E-state index contributed by atoms with van der Waals surface area (Å²) in [7, 11) is 0. The molecule has 3 aromatic heterocycles. The number of para-hydroxylation sites is 2. The van der Waals surface area contributed by atoms with Gasteiger partial charge in [0.15, 0.2) is 0 Å². The molecule has 1 aliphatic heterocycles. The minimum Gasteiger partial charge on any atom is -0.509 e. The first-order valence-electron chi connectivity index (χ1n) is 23.5. The van der Waals surface area contributed by atoms with E-state index in [4.69, 9.17) is 9.72 Å². The van der Waals surface area contributed by atoms with Crippen molar-refractivity contribution >= 4 is 76.5 Å². The summed E-state index contributed by atoms with van der Waals surface area (Å²) in [5.74, 6) is 2.15. The van der Waals surface area contributed by atoms with Crippen molar-refractivity contribution < 1.29 is 25.8 Å². The quantitative estimate of drug-likeness (QED) is 0.165. The number of rotatable bonds is 4. The molecule has 344 valence electrons. The van der Waals surface area contributed by atoms with E-state index < -0.39 is 0 Å². The summed E-state index contributed by atoms with van der Waals surface area (Å²) in [6, 6.07) is 56.5. The molecule has 11 rings (SSSR count). The van der Waals surface area contributed by atoms with E-state index in [1.807, 2.05) is 6.20 Å². The van der Waals surface area contributed by atoms with Crippen molar-refractivity contribution in [2.75, 3.05) is 4.90 Å². The molecule has 5 nitrogen and oxygen atoms in total. The van der Waals surface area contributed by atoms with Crippen LogP contribution in [0.25, 0.3) is 71.0 Å². The standard InChI is InChI=1S/C62H57N4O.Pt/c1-38-22-26-46-44-17-12-13-18-45(44)48-20-15-21-54-59(48)65(58-39(2)16-14-19-49(58)50(46)32-38)37-64(54)42-24-28-52(62(9,10)11)56(35-42)67-43-25-27-47-51-33-40(60(3,4)5)23-29-53(51)66(55(47)36-43)57-34-41(30-31-63-57)61(6,7)8;/h12-34,37H,1-11H3;/q-3;. The van der Waals surface area contributed by atoms with Gasteiger partial charge in [0.05, 0.1) is 0 Å². The van der Waals surface area contributed by atoms with Crippen LogP contribution in [-0.2, 0) is 37.3 Å². The normalized spacial score (nSPS) is 12.9. The van der Waals surface area contributed by atoms with Gasteiger partial charge in [-0.25, -0.2) is 4.98 Å². The first kappa shape index (κ1) is 45.2. The molecule has 4 heterocycles. The Bertz CT molecular complexity index is 3740. The van der Waals surface area contributed by atoms with Crippen molar-refractivity contribution in [2.24, 2.45) is 0 Å². The summed E-state index contributed by atoms with van der Waals surface area (Å²) >= 11 is 0. The van der Waals surface area contributed by atoms with E-state index in [1.165, 1.54) is 60.0 Å². The van der Waals surface area contributed by atoms with Gasteiger partial charge in [0.25, 0.3) is 0 Å². The third kappa shape index (κ3) is 7.51. The molecule has 0 atom stereocenters. The number of anilines is 2. The van der Waals surface area contributed by atoms with E-state index in [2.05, 4.69) is 242 Å². The van der Waals surface area contributed by atoms with Gasteiger partial charge in [-0.2, -0.15) is 12.1 Å². The fraction of sp³-hybridized carbons (Fsp3) is 0.226. The van der Waals surface area contributed by atoms with Crippen LogP contribution in [0.15, 0.2) is 140 Å². The van der Waals surface area contributed by atoms with E-state index in [9.17, 15) is 0 Å². The van der Waals surface area contributed by atoms with E-state index in [1.54, 1.807) is 0 Å². The van der Waals surface area contributed by atoms with Gasteiger partial charge in [-0.1, -0.05) is 181 Å². The summed E-state index contributed by atoms with van der Waals surface area (Å²) in [6.45, 7) is 26.9. The Hall–Kier alpha value is -6.55. The molecule has 0 bridgehead atoms. The minimum absolute atomic E-state index is 0. The number of hydrogen-bond donors (Lipinski definition) is 0. The molecule has 0 radical (unpaired) electrons. The molecule has 0 amide bonds. The molecule has 0 unspecified atom stereocenters. The van der Waals surface area contributed by atoms with Crippen LogP contribution in [0.2, 0.25) is 0 Å². The fourth-order valence-corrected chi connectivity index (χ4v) is 10.1. The van der Waals surface area contributed by atoms with Gasteiger partial charge >= 0.3 is 0 Å². The molecule has 0 saturated carbocycles. The summed E-state index contributed by atoms with van der Waals surface area (Å²) in [5.41, 5.74) is 12.0. The first-order chi connectivity index (χ1) is 31.9. The van der Waals surface area contributed by atoms with Gasteiger partial charge in [-0.3, -0.25) is 0 Å². The Morgan fingerprint density at radius 3 is 1.94 bits per heavy atom. The van der Waals surface area contributed by atoms with Gasteiger partial charge in [0.1, 0.15) is 5.82 Å². The topological polar surface area (TPSA) is 35.2 Å². The largest absolute Gasteiger partial charge is 0.509 e. The minimum atomic E-state index is -0.238. The van der Waals surface area contributed by atoms with Crippen LogP contribution in [-0.4, -0.2) is 14.1 Å². The maximum absolute atomic E-state index is 7.09. The van der Waals surface area contributed by atoms with Gasteiger partial charge in [-0.15, -0.1) is 35.2 Å². The number of hydrogen-bond acceptors (Lipinski definition) is 3. The van der Waals surface area contributed by atoms with Gasteiger partial charge in [0, 0.05) is 50.0 Å². The zero-order chi connectivity index (χ0) is 46.7. The van der Waals surface area contributed by atoms with Crippen LogP contribution < -0.4 is 9.64 Å². The Labute approximate surface area is 415 Å². The van der Waals surface area contributed by atoms with Crippen molar-refractivity contribution in [1.29, 1.82) is 0 Å². The second-order valence-corrected chi connectivity index (χ2v) is 21.6. The van der Waals surface area contributed by atoms with Crippen molar-refractivity contribution in [3.63, 3.8) is 0 Å². The third-order valence-electron chi connectivity index (χ3n) is 13.7. The summed E-state index contributed by atoms with van der Waals surface area (Å²) < 4.78 is 11.7. The van der Waals surface area contributed by atoms with Crippen LogP contribution >= 0.6 is 0 Å². The van der Waals surface area contributed by atoms with Crippen molar-refractivity contribution in [2.45, 2.75) is 92.4 Å². The van der Waals surface area contributed by atoms with Crippen LogP contribution in [0.1, 0.15) is 90.1 Å². The second-order valence-electron chi connectivity index (χ2n) is 21.6. The number of pyridine rings is 1.